The van der Waals surface area contributed by atoms with Gasteiger partial charge in [-0.2, -0.15) is 0 Å². The summed E-state index contributed by atoms with van der Waals surface area (Å²) in [6, 6.07) is 11.5. The van der Waals surface area contributed by atoms with Crippen LogP contribution in [0, 0.1) is 5.53 Å². The van der Waals surface area contributed by atoms with Gasteiger partial charge in [-0.05, 0) is 43.1 Å². The molecular formula is C33H52N7O8+. The van der Waals surface area contributed by atoms with E-state index in [-0.39, 0.29) is 31.3 Å². The minimum Gasteiger partial charge on any atom is -0.394 e. The van der Waals surface area contributed by atoms with Crippen LogP contribution in [-0.4, -0.2) is 137 Å². The fourth-order valence-electron chi connectivity index (χ4n) is 5.03. The molecule has 1 amide bonds. The molecule has 2 heterocycles. The number of hydrogen-bond donors (Lipinski definition) is 3. The Bertz CT molecular complexity index is 1280. The third-order valence-corrected chi connectivity index (χ3v) is 7.70. The van der Waals surface area contributed by atoms with Crippen LogP contribution in [0.25, 0.3) is 0 Å². The Morgan fingerprint density at radius 1 is 0.833 bits per heavy atom. The number of carbonyl (C=O) groups excluding carboxylic acids is 1. The zero-order valence-electron chi connectivity index (χ0n) is 27.9. The smallest absolute Gasteiger partial charge is 0.255 e. The van der Waals surface area contributed by atoms with Crippen LogP contribution in [0.15, 0.2) is 52.5 Å². The van der Waals surface area contributed by atoms with Crippen molar-refractivity contribution in [1.82, 2.24) is 19.3 Å². The second-order valence-electron chi connectivity index (χ2n) is 11.4. The lowest BCUT2D eigenvalue weighted by molar-refractivity contribution is 0.00726. The molecule has 0 aliphatic carbocycles. The molecule has 0 saturated carbocycles. The largest absolute Gasteiger partial charge is 0.394 e. The molecule has 48 heavy (non-hydrogen) atoms. The fourth-order valence-corrected chi connectivity index (χ4v) is 5.03. The molecule has 15 nitrogen and oxygen atoms in total. The van der Waals surface area contributed by atoms with Crippen LogP contribution in [0.3, 0.4) is 0 Å². The number of amides is 1. The van der Waals surface area contributed by atoms with Crippen LogP contribution < -0.4 is 16.2 Å². The van der Waals surface area contributed by atoms with Crippen LogP contribution in [0.5, 0.6) is 0 Å². The van der Waals surface area contributed by atoms with Crippen LogP contribution in [0.4, 0.5) is 0 Å². The van der Waals surface area contributed by atoms with Gasteiger partial charge in [0.1, 0.15) is 17.2 Å². The van der Waals surface area contributed by atoms with Gasteiger partial charge in [-0.1, -0.05) is 24.3 Å². The zero-order valence-corrected chi connectivity index (χ0v) is 27.9. The number of piperidine rings is 1. The van der Waals surface area contributed by atoms with E-state index >= 15 is 0 Å². The Morgan fingerprint density at radius 3 is 1.96 bits per heavy atom. The van der Waals surface area contributed by atoms with Crippen molar-refractivity contribution in [3.8, 4) is 0 Å². The third kappa shape index (κ3) is 15.7. The summed E-state index contributed by atoms with van der Waals surface area (Å²) >= 11 is 0. The van der Waals surface area contributed by atoms with E-state index in [1.54, 1.807) is 21.7 Å². The molecule has 4 N–H and O–H groups in total. The maximum atomic E-state index is 13.6. The summed E-state index contributed by atoms with van der Waals surface area (Å²) in [5.41, 5.74) is 15.0. The number of nitrogens with zero attached hydrogens (tertiary/aromatic N) is 5. The second kappa shape index (κ2) is 23.9. The highest BCUT2D eigenvalue weighted by Gasteiger charge is 2.18. The van der Waals surface area contributed by atoms with Gasteiger partial charge in [0.15, 0.2) is 0 Å². The molecule has 0 bridgehead atoms. The van der Waals surface area contributed by atoms with Gasteiger partial charge in [0.2, 0.25) is 4.91 Å². The number of benzene rings is 1. The SMILES string of the molecule is N=[N+]=NCCOCCOCCOCCN(CCOCCOCCO)C(=O)c1ccc(=O)n(Cc2ccc(CN3CCC(N)CC3)cc2)c1. The molecule has 1 aliphatic heterocycles. The van der Waals surface area contributed by atoms with Gasteiger partial charge in [0.25, 0.3) is 11.5 Å². The molecule has 1 saturated heterocycles. The number of aliphatic hydroxyl groups is 1. The van der Waals surface area contributed by atoms with Crippen LogP contribution in [0.1, 0.15) is 34.3 Å². The number of nitrogens with one attached hydrogen (secondary N) is 1. The van der Waals surface area contributed by atoms with Gasteiger partial charge < -0.3 is 44.0 Å². The number of rotatable bonds is 25. The minimum absolute atomic E-state index is 0.0516. The highest BCUT2D eigenvalue weighted by molar-refractivity contribution is 5.93. The van der Waals surface area contributed by atoms with Crippen molar-refractivity contribution in [3.05, 3.63) is 69.6 Å². The van der Waals surface area contributed by atoms with Crippen molar-refractivity contribution in [2.75, 3.05) is 105 Å². The highest BCUT2D eigenvalue weighted by Crippen LogP contribution is 2.14. The van der Waals surface area contributed by atoms with Crippen molar-refractivity contribution < 1.29 is 33.6 Å². The summed E-state index contributed by atoms with van der Waals surface area (Å²) in [6.45, 7) is 7.58. The second-order valence-corrected chi connectivity index (χ2v) is 11.4. The number of carbonyl (C=O) groups is 1. The maximum absolute atomic E-state index is 13.6. The number of ether oxygens (including phenoxy) is 5. The third-order valence-electron chi connectivity index (χ3n) is 7.70. The molecular weight excluding hydrogens is 622 g/mol. The van der Waals surface area contributed by atoms with E-state index < -0.39 is 0 Å². The molecule has 0 spiro atoms. The van der Waals surface area contributed by atoms with Crippen LogP contribution in [-0.2, 0) is 36.8 Å². The van der Waals surface area contributed by atoms with Crippen molar-refractivity contribution in [2.24, 2.45) is 10.8 Å². The van der Waals surface area contributed by atoms with Crippen molar-refractivity contribution in [1.29, 1.82) is 5.53 Å². The summed E-state index contributed by atoms with van der Waals surface area (Å²) in [5.74, 6) is -0.234. The summed E-state index contributed by atoms with van der Waals surface area (Å²) in [7, 11) is 0. The van der Waals surface area contributed by atoms with Gasteiger partial charge in [-0.25, -0.2) is 0 Å². The standard InChI is InChI=1S/C33H52N7O8/c34-31-7-10-38(11-8-31)25-28-1-3-29(4-2-28)26-40-27-30(5-6-32(40)42)33(43)39(12-16-45-20-22-47-18-14-41)13-17-46-21-24-48-23-19-44-15-9-36-37-35/h1-6,27,31,35,41H,7-26,34H2/q+1. The van der Waals surface area contributed by atoms with Crippen molar-refractivity contribution >= 4 is 5.91 Å². The van der Waals surface area contributed by atoms with E-state index in [1.165, 1.54) is 11.6 Å². The molecule has 0 radical (unpaired) electrons. The Morgan fingerprint density at radius 2 is 1.38 bits per heavy atom. The van der Waals surface area contributed by atoms with Crippen molar-refractivity contribution in [2.45, 2.75) is 32.0 Å². The maximum Gasteiger partial charge on any atom is 0.255 e. The zero-order chi connectivity index (χ0) is 34.2. The summed E-state index contributed by atoms with van der Waals surface area (Å²) < 4.78 is 28.9. The Labute approximate surface area is 282 Å². The number of likely N-dealkylation sites (tertiary alicyclic amines) is 1. The van der Waals surface area contributed by atoms with Crippen molar-refractivity contribution in [3.63, 3.8) is 0 Å². The monoisotopic (exact) mass is 674 g/mol. The molecule has 3 rings (SSSR count). The first-order chi connectivity index (χ1) is 23.5. The molecule has 1 aromatic heterocycles. The molecule has 1 aliphatic rings. The lowest BCUT2D eigenvalue weighted by Gasteiger charge is -2.30. The van der Waals surface area contributed by atoms with E-state index in [4.69, 9.17) is 40.1 Å². The number of hydrogen-bond acceptors (Lipinski definition) is 12. The first-order valence-corrected chi connectivity index (χ1v) is 16.6. The molecule has 266 valence electrons. The molecule has 1 aromatic carbocycles. The van der Waals surface area contributed by atoms with Crippen LogP contribution >= 0.6 is 0 Å². The van der Waals surface area contributed by atoms with E-state index in [0.717, 1.165) is 38.0 Å². The first-order valence-electron chi connectivity index (χ1n) is 16.6. The van der Waals surface area contributed by atoms with Gasteiger partial charge in [0, 0.05) is 37.9 Å². The molecule has 0 unspecified atom stereocenters. The molecule has 2 aromatic rings. The number of pyridine rings is 1. The van der Waals surface area contributed by atoms with E-state index in [0.29, 0.717) is 90.6 Å². The molecule has 1 fully saturated rings. The summed E-state index contributed by atoms with van der Waals surface area (Å²) in [4.78, 5) is 33.4. The average Bonchev–Trinajstić information content (AvgIpc) is 3.10. The predicted molar refractivity (Wildman–Crippen MR) is 178 cm³/mol. The Hall–Kier alpha value is -3.37. The Kier molecular flexibility index (Phi) is 19.4. The molecule has 15 heteroatoms. The molecule has 0 atom stereocenters. The average molecular weight is 675 g/mol. The topological polar surface area (TPSA) is 188 Å². The summed E-state index contributed by atoms with van der Waals surface area (Å²) in [6.07, 6.45) is 3.65. The van der Waals surface area contributed by atoms with Gasteiger partial charge in [0.05, 0.1) is 84.8 Å². The Balaban J connectivity index is 1.51. The normalized spacial score (nSPS) is 13.8. The van der Waals surface area contributed by atoms with Gasteiger partial charge in [-0.3, -0.25) is 14.5 Å². The number of aromatic nitrogens is 1. The number of aliphatic hydroxyl groups excluding tert-OH is 1. The van der Waals surface area contributed by atoms with Crippen LogP contribution in [0.2, 0.25) is 0 Å². The number of nitrogens with two attached hydrogens (primary N) is 1. The van der Waals surface area contributed by atoms with Gasteiger partial charge >= 0.3 is 0 Å². The highest BCUT2D eigenvalue weighted by atomic mass is 16.5. The predicted octanol–water partition coefficient (Wildman–Crippen LogP) is 0.888. The first kappa shape index (κ1) is 39.1. The van der Waals surface area contributed by atoms with E-state index in [2.05, 4.69) is 27.1 Å². The van der Waals surface area contributed by atoms with E-state index in [1.807, 2.05) is 12.1 Å². The minimum atomic E-state index is -0.234. The lowest BCUT2D eigenvalue weighted by Crippen LogP contribution is -2.39. The summed E-state index contributed by atoms with van der Waals surface area (Å²) in [5, 5.41) is 12.3. The van der Waals surface area contributed by atoms with E-state index in [9.17, 15) is 9.59 Å². The quantitative estimate of drug-likeness (QED) is 0.0775. The van der Waals surface area contributed by atoms with Gasteiger partial charge in [-0.15, -0.1) is 0 Å². The lowest BCUT2D eigenvalue weighted by atomic mass is 10.0. The fraction of sp³-hybridized carbons (Fsp3) is 0.636.